The number of rotatable bonds is 5. The predicted molar refractivity (Wildman–Crippen MR) is 59.8 cm³/mol. The Morgan fingerprint density at radius 2 is 1.88 bits per heavy atom. The SMILES string of the molecule is COCC(C)Oc1ccc(S(N)(=O)=O)cc1. The zero-order chi connectivity index (χ0) is 12.2. The molecule has 0 saturated carbocycles. The molecular weight excluding hydrogens is 230 g/mol. The number of sulfonamides is 1. The van der Waals surface area contributed by atoms with E-state index < -0.39 is 10.0 Å². The van der Waals surface area contributed by atoms with Crippen LogP contribution in [-0.2, 0) is 14.8 Å². The highest BCUT2D eigenvalue weighted by Crippen LogP contribution is 2.16. The maximum atomic E-state index is 11.0. The Balaban J connectivity index is 2.72. The van der Waals surface area contributed by atoms with E-state index >= 15 is 0 Å². The van der Waals surface area contributed by atoms with E-state index in [1.165, 1.54) is 12.1 Å². The van der Waals surface area contributed by atoms with E-state index in [1.807, 2.05) is 6.92 Å². The average molecular weight is 245 g/mol. The summed E-state index contributed by atoms with van der Waals surface area (Å²) in [6.45, 7) is 2.33. The van der Waals surface area contributed by atoms with Crippen molar-refractivity contribution in [1.29, 1.82) is 0 Å². The van der Waals surface area contributed by atoms with E-state index in [0.29, 0.717) is 12.4 Å². The van der Waals surface area contributed by atoms with Crippen LogP contribution in [0.4, 0.5) is 0 Å². The summed E-state index contributed by atoms with van der Waals surface area (Å²) in [6, 6.07) is 5.94. The second-order valence-electron chi connectivity index (χ2n) is 3.40. The Morgan fingerprint density at radius 1 is 1.31 bits per heavy atom. The van der Waals surface area contributed by atoms with Crippen molar-refractivity contribution in [2.45, 2.75) is 17.9 Å². The van der Waals surface area contributed by atoms with Crippen LogP contribution in [0.25, 0.3) is 0 Å². The van der Waals surface area contributed by atoms with Crippen LogP contribution >= 0.6 is 0 Å². The smallest absolute Gasteiger partial charge is 0.238 e. The standard InChI is InChI=1S/C10H15NO4S/c1-8(7-14-2)15-9-3-5-10(6-4-9)16(11,12)13/h3-6,8H,7H2,1-2H3,(H2,11,12,13). The Labute approximate surface area is 95.2 Å². The number of hydrogen-bond donors (Lipinski definition) is 1. The quantitative estimate of drug-likeness (QED) is 0.830. The van der Waals surface area contributed by atoms with E-state index in [0.717, 1.165) is 0 Å². The molecule has 0 spiro atoms. The molecule has 0 bridgehead atoms. The Bertz CT molecular complexity index is 427. The van der Waals surface area contributed by atoms with Gasteiger partial charge in [-0.05, 0) is 31.2 Å². The van der Waals surface area contributed by atoms with Crippen molar-refractivity contribution in [2.75, 3.05) is 13.7 Å². The van der Waals surface area contributed by atoms with Gasteiger partial charge in [-0.2, -0.15) is 0 Å². The van der Waals surface area contributed by atoms with Crippen LogP contribution in [0.1, 0.15) is 6.92 Å². The number of ether oxygens (including phenoxy) is 2. The average Bonchev–Trinajstić information content (AvgIpc) is 2.17. The predicted octanol–water partition coefficient (Wildman–Crippen LogP) is 0.748. The van der Waals surface area contributed by atoms with Crippen LogP contribution in [0.5, 0.6) is 5.75 Å². The lowest BCUT2D eigenvalue weighted by molar-refractivity contribution is 0.0920. The van der Waals surface area contributed by atoms with E-state index in [9.17, 15) is 8.42 Å². The zero-order valence-corrected chi connectivity index (χ0v) is 10.0. The van der Waals surface area contributed by atoms with Crippen LogP contribution in [0.3, 0.4) is 0 Å². The van der Waals surface area contributed by atoms with E-state index in [1.54, 1.807) is 19.2 Å². The summed E-state index contributed by atoms with van der Waals surface area (Å²) in [5.74, 6) is 0.581. The van der Waals surface area contributed by atoms with Gasteiger partial charge >= 0.3 is 0 Å². The second-order valence-corrected chi connectivity index (χ2v) is 4.96. The molecule has 1 aromatic carbocycles. The molecule has 2 N–H and O–H groups in total. The van der Waals surface area contributed by atoms with Crippen molar-refractivity contribution < 1.29 is 17.9 Å². The third kappa shape index (κ3) is 3.80. The minimum absolute atomic E-state index is 0.0687. The van der Waals surface area contributed by atoms with Crippen LogP contribution in [-0.4, -0.2) is 28.2 Å². The van der Waals surface area contributed by atoms with Gasteiger partial charge in [0.05, 0.1) is 11.5 Å². The molecule has 0 saturated heterocycles. The summed E-state index contributed by atoms with van der Waals surface area (Å²) in [7, 11) is -2.05. The molecule has 16 heavy (non-hydrogen) atoms. The molecule has 0 aliphatic carbocycles. The van der Waals surface area contributed by atoms with E-state index in [4.69, 9.17) is 14.6 Å². The van der Waals surface area contributed by atoms with Crippen LogP contribution in [0.15, 0.2) is 29.2 Å². The fourth-order valence-corrected chi connectivity index (χ4v) is 1.72. The van der Waals surface area contributed by atoms with Crippen LogP contribution in [0.2, 0.25) is 0 Å². The molecule has 6 heteroatoms. The third-order valence-corrected chi connectivity index (χ3v) is 2.82. The maximum absolute atomic E-state index is 11.0. The van der Waals surface area contributed by atoms with E-state index in [-0.39, 0.29) is 11.0 Å². The lowest BCUT2D eigenvalue weighted by Crippen LogP contribution is -2.18. The molecule has 0 fully saturated rings. The van der Waals surface area contributed by atoms with Gasteiger partial charge in [-0.25, -0.2) is 13.6 Å². The highest BCUT2D eigenvalue weighted by molar-refractivity contribution is 7.89. The molecule has 0 aromatic heterocycles. The monoisotopic (exact) mass is 245 g/mol. The summed E-state index contributed by atoms with van der Waals surface area (Å²) < 4.78 is 32.3. The zero-order valence-electron chi connectivity index (χ0n) is 9.21. The largest absolute Gasteiger partial charge is 0.488 e. The van der Waals surface area contributed by atoms with Crippen LogP contribution < -0.4 is 9.88 Å². The normalized spacial score (nSPS) is 13.4. The Kier molecular flexibility index (Phi) is 4.28. The Morgan fingerprint density at radius 3 is 2.31 bits per heavy atom. The summed E-state index contributed by atoms with van der Waals surface area (Å²) in [5.41, 5.74) is 0. The van der Waals surface area contributed by atoms with Crippen molar-refractivity contribution >= 4 is 10.0 Å². The first-order chi connectivity index (χ1) is 7.43. The molecule has 0 radical (unpaired) electrons. The number of primary sulfonamides is 1. The number of hydrogen-bond acceptors (Lipinski definition) is 4. The first kappa shape index (κ1) is 13.0. The molecule has 1 atom stereocenters. The minimum Gasteiger partial charge on any atom is -0.488 e. The topological polar surface area (TPSA) is 78.6 Å². The van der Waals surface area contributed by atoms with Gasteiger partial charge in [0.2, 0.25) is 10.0 Å². The number of nitrogens with two attached hydrogens (primary N) is 1. The van der Waals surface area contributed by atoms with E-state index in [2.05, 4.69) is 0 Å². The molecule has 1 unspecified atom stereocenters. The number of methoxy groups -OCH3 is 1. The molecule has 0 amide bonds. The fourth-order valence-electron chi connectivity index (χ4n) is 1.21. The molecule has 1 aromatic rings. The number of benzene rings is 1. The molecule has 5 nitrogen and oxygen atoms in total. The maximum Gasteiger partial charge on any atom is 0.238 e. The van der Waals surface area contributed by atoms with Gasteiger partial charge in [-0.15, -0.1) is 0 Å². The molecule has 1 rings (SSSR count). The first-order valence-electron chi connectivity index (χ1n) is 4.72. The van der Waals surface area contributed by atoms with Crippen molar-refractivity contribution in [1.82, 2.24) is 0 Å². The van der Waals surface area contributed by atoms with Gasteiger partial charge in [0.1, 0.15) is 11.9 Å². The molecule has 0 aliphatic rings. The third-order valence-electron chi connectivity index (χ3n) is 1.89. The highest BCUT2D eigenvalue weighted by Gasteiger charge is 2.08. The summed E-state index contributed by atoms with van der Waals surface area (Å²) in [4.78, 5) is 0.0687. The highest BCUT2D eigenvalue weighted by atomic mass is 32.2. The van der Waals surface area contributed by atoms with Crippen molar-refractivity contribution in [3.63, 3.8) is 0 Å². The lowest BCUT2D eigenvalue weighted by atomic mass is 10.3. The summed E-state index contributed by atoms with van der Waals surface area (Å²) >= 11 is 0. The summed E-state index contributed by atoms with van der Waals surface area (Å²) in [6.07, 6.45) is -0.0923. The van der Waals surface area contributed by atoms with Crippen LogP contribution in [0, 0.1) is 0 Å². The molecule has 0 heterocycles. The van der Waals surface area contributed by atoms with Gasteiger partial charge in [0.25, 0.3) is 0 Å². The van der Waals surface area contributed by atoms with Gasteiger partial charge in [-0.3, -0.25) is 0 Å². The minimum atomic E-state index is -3.64. The lowest BCUT2D eigenvalue weighted by Gasteiger charge is -2.13. The van der Waals surface area contributed by atoms with Crippen molar-refractivity contribution in [3.05, 3.63) is 24.3 Å². The summed E-state index contributed by atoms with van der Waals surface area (Å²) in [5, 5.41) is 4.97. The van der Waals surface area contributed by atoms with Gasteiger partial charge < -0.3 is 9.47 Å². The molecule has 0 aliphatic heterocycles. The van der Waals surface area contributed by atoms with Crippen molar-refractivity contribution in [2.24, 2.45) is 5.14 Å². The van der Waals surface area contributed by atoms with Crippen molar-refractivity contribution in [3.8, 4) is 5.75 Å². The second kappa shape index (κ2) is 5.29. The van der Waals surface area contributed by atoms with Gasteiger partial charge in [0.15, 0.2) is 0 Å². The first-order valence-corrected chi connectivity index (χ1v) is 6.26. The van der Waals surface area contributed by atoms with Gasteiger partial charge in [-0.1, -0.05) is 0 Å². The fraction of sp³-hybridized carbons (Fsp3) is 0.400. The molecular formula is C10H15NO4S. The van der Waals surface area contributed by atoms with Gasteiger partial charge in [0, 0.05) is 7.11 Å². The molecule has 90 valence electrons. The Hall–Kier alpha value is -1.11.